The summed E-state index contributed by atoms with van der Waals surface area (Å²) < 4.78 is 18.8. The van der Waals surface area contributed by atoms with Crippen molar-refractivity contribution in [2.75, 3.05) is 12.4 Å². The molecule has 1 saturated carbocycles. The van der Waals surface area contributed by atoms with Gasteiger partial charge in [-0.15, -0.1) is 11.8 Å². The zero-order valence-corrected chi connectivity index (χ0v) is 19.8. The van der Waals surface area contributed by atoms with Gasteiger partial charge in [0.05, 0.1) is 0 Å². The van der Waals surface area contributed by atoms with Gasteiger partial charge in [-0.25, -0.2) is 9.18 Å². The number of amides is 1. The Morgan fingerprint density at radius 1 is 1.03 bits per heavy atom. The van der Waals surface area contributed by atoms with Crippen LogP contribution in [0, 0.1) is 5.82 Å². The van der Waals surface area contributed by atoms with Crippen LogP contribution in [0.15, 0.2) is 48.5 Å². The van der Waals surface area contributed by atoms with Crippen LogP contribution in [-0.2, 0) is 19.2 Å². The van der Waals surface area contributed by atoms with Crippen molar-refractivity contribution in [3.63, 3.8) is 0 Å². The molecule has 2 aromatic rings. The van der Waals surface area contributed by atoms with Crippen molar-refractivity contribution in [1.82, 2.24) is 4.90 Å². The van der Waals surface area contributed by atoms with Gasteiger partial charge in [-0.05, 0) is 48.4 Å². The van der Waals surface area contributed by atoms with E-state index >= 15 is 0 Å². The zero-order chi connectivity index (χ0) is 23.7. The van der Waals surface area contributed by atoms with Gasteiger partial charge in [0.2, 0.25) is 5.91 Å². The molecule has 0 unspecified atom stereocenters. The fourth-order valence-corrected chi connectivity index (χ4v) is 7.16. The molecule has 0 N–H and O–H groups in total. The lowest BCUT2D eigenvalue weighted by molar-refractivity contribution is -0.152. The summed E-state index contributed by atoms with van der Waals surface area (Å²) in [5.41, 5.74) is 2.58. The van der Waals surface area contributed by atoms with Gasteiger partial charge >= 0.3 is 5.97 Å². The number of Topliss-reactive ketones (excluding diaryl/α,β-unsaturated/α-hetero) is 1. The number of nitrogens with zero attached hydrogens (tertiary/aromatic N) is 1. The molecule has 1 aliphatic carbocycles. The molecule has 0 spiro atoms. The van der Waals surface area contributed by atoms with Crippen LogP contribution in [-0.4, -0.2) is 41.0 Å². The number of rotatable bonds is 6. The van der Waals surface area contributed by atoms with Gasteiger partial charge in [-0.1, -0.05) is 55.7 Å². The van der Waals surface area contributed by atoms with E-state index in [1.165, 1.54) is 61.6 Å². The van der Waals surface area contributed by atoms with Crippen LogP contribution < -0.4 is 0 Å². The maximum atomic E-state index is 13.4. The molecule has 0 bridgehead atoms. The Labute approximate surface area is 203 Å². The highest BCUT2D eigenvalue weighted by molar-refractivity contribution is 8.00. The van der Waals surface area contributed by atoms with Crippen molar-refractivity contribution >= 4 is 29.4 Å². The zero-order valence-electron chi connectivity index (χ0n) is 19.0. The Bertz CT molecular complexity index is 1080. The SMILES string of the molecule is O=C(COC(=O)[C@@H]1CS[C@@]2(c3ccc(F)cc3)CCC(=O)N12)c1ccc(C2CCCCC2)cc1. The molecule has 0 aromatic heterocycles. The van der Waals surface area contributed by atoms with Gasteiger partial charge in [-0.3, -0.25) is 9.59 Å². The number of fused-ring (bicyclic) bond motifs is 1. The fraction of sp³-hybridized carbons (Fsp3) is 0.444. The first-order chi connectivity index (χ1) is 16.5. The van der Waals surface area contributed by atoms with Gasteiger partial charge < -0.3 is 9.64 Å². The summed E-state index contributed by atoms with van der Waals surface area (Å²) in [4.78, 5) is 39.2. The van der Waals surface area contributed by atoms with Crippen LogP contribution in [0.5, 0.6) is 0 Å². The average Bonchev–Trinajstić information content (AvgIpc) is 3.42. The van der Waals surface area contributed by atoms with Crippen LogP contribution in [0.4, 0.5) is 4.39 Å². The molecular formula is C27H28FNO4S. The van der Waals surface area contributed by atoms with Gasteiger partial charge in [0.1, 0.15) is 16.7 Å². The minimum Gasteiger partial charge on any atom is -0.456 e. The molecule has 2 heterocycles. The van der Waals surface area contributed by atoms with E-state index in [-0.39, 0.29) is 24.1 Å². The van der Waals surface area contributed by atoms with Gasteiger partial charge in [0.15, 0.2) is 12.4 Å². The molecule has 3 fully saturated rings. The van der Waals surface area contributed by atoms with Gasteiger partial charge in [0.25, 0.3) is 0 Å². The highest BCUT2D eigenvalue weighted by atomic mass is 32.2. The lowest BCUT2D eigenvalue weighted by atomic mass is 9.84. The Balaban J connectivity index is 1.23. The Morgan fingerprint density at radius 2 is 1.74 bits per heavy atom. The van der Waals surface area contributed by atoms with Crippen molar-refractivity contribution in [3.05, 3.63) is 71.0 Å². The molecule has 34 heavy (non-hydrogen) atoms. The summed E-state index contributed by atoms with van der Waals surface area (Å²) in [6.45, 7) is -0.353. The lowest BCUT2D eigenvalue weighted by Gasteiger charge is -2.33. The summed E-state index contributed by atoms with van der Waals surface area (Å²) in [5, 5.41) is 0. The van der Waals surface area contributed by atoms with E-state index in [0.717, 1.165) is 5.56 Å². The quantitative estimate of drug-likeness (QED) is 0.420. The standard InChI is InChI=1S/C27H28FNO4S/c28-22-12-10-21(11-13-22)27-15-14-25(31)29(27)23(17-34-27)26(32)33-16-24(30)20-8-6-19(7-9-20)18-4-2-1-3-5-18/h6-13,18,23H,1-5,14-17H2/t23-,27+/m0/s1. The van der Waals surface area contributed by atoms with E-state index in [2.05, 4.69) is 0 Å². The van der Waals surface area contributed by atoms with E-state index in [4.69, 9.17) is 4.74 Å². The second-order valence-electron chi connectivity index (χ2n) is 9.37. The van der Waals surface area contributed by atoms with Crippen LogP contribution >= 0.6 is 11.8 Å². The van der Waals surface area contributed by atoms with Crippen LogP contribution in [0.25, 0.3) is 0 Å². The number of hydrogen-bond donors (Lipinski definition) is 0. The van der Waals surface area contributed by atoms with Gasteiger partial charge in [0, 0.05) is 17.7 Å². The first-order valence-corrected chi connectivity index (χ1v) is 13.0. The number of ketones is 1. The van der Waals surface area contributed by atoms with Crippen molar-refractivity contribution in [1.29, 1.82) is 0 Å². The second-order valence-corrected chi connectivity index (χ2v) is 10.7. The average molecular weight is 482 g/mol. The molecule has 1 amide bonds. The minimum absolute atomic E-state index is 0.124. The smallest absolute Gasteiger partial charge is 0.330 e. The number of carbonyl (C=O) groups is 3. The van der Waals surface area contributed by atoms with Gasteiger partial charge in [-0.2, -0.15) is 0 Å². The molecule has 5 rings (SSSR count). The maximum Gasteiger partial charge on any atom is 0.330 e. The Morgan fingerprint density at radius 3 is 2.44 bits per heavy atom. The first kappa shape index (κ1) is 23.1. The maximum absolute atomic E-state index is 13.4. The fourth-order valence-electron chi connectivity index (χ4n) is 5.52. The van der Waals surface area contributed by atoms with Crippen LogP contribution in [0.3, 0.4) is 0 Å². The predicted molar refractivity (Wildman–Crippen MR) is 128 cm³/mol. The molecule has 2 saturated heterocycles. The molecule has 2 atom stereocenters. The second kappa shape index (κ2) is 9.53. The van der Waals surface area contributed by atoms with E-state index in [1.807, 2.05) is 24.3 Å². The van der Waals surface area contributed by atoms with E-state index in [9.17, 15) is 18.8 Å². The number of carbonyl (C=O) groups excluding carboxylic acids is 3. The molecular weight excluding hydrogens is 453 g/mol. The van der Waals surface area contributed by atoms with Crippen molar-refractivity contribution in [2.24, 2.45) is 0 Å². The highest BCUT2D eigenvalue weighted by Gasteiger charge is 2.57. The minimum atomic E-state index is -0.758. The van der Waals surface area contributed by atoms with E-state index in [1.54, 1.807) is 17.0 Å². The third kappa shape index (κ3) is 4.26. The summed E-state index contributed by atoms with van der Waals surface area (Å²) in [7, 11) is 0. The number of hydrogen-bond acceptors (Lipinski definition) is 5. The Hall–Kier alpha value is -2.67. The molecule has 2 aromatic carbocycles. The number of ether oxygens (including phenoxy) is 1. The predicted octanol–water partition coefficient (Wildman–Crippen LogP) is 5.19. The normalized spacial score (nSPS) is 24.8. The first-order valence-electron chi connectivity index (χ1n) is 12.0. The van der Waals surface area contributed by atoms with Crippen molar-refractivity contribution in [3.8, 4) is 0 Å². The van der Waals surface area contributed by atoms with E-state index in [0.29, 0.717) is 30.1 Å². The van der Waals surface area contributed by atoms with Crippen molar-refractivity contribution in [2.45, 2.75) is 61.8 Å². The third-order valence-corrected chi connectivity index (χ3v) is 8.95. The molecule has 5 nitrogen and oxygen atoms in total. The third-order valence-electron chi connectivity index (χ3n) is 7.35. The molecule has 178 valence electrons. The number of esters is 1. The molecule has 7 heteroatoms. The summed E-state index contributed by atoms with van der Waals surface area (Å²) in [5.74, 6) is -0.353. The highest BCUT2D eigenvalue weighted by Crippen LogP contribution is 2.54. The summed E-state index contributed by atoms with van der Waals surface area (Å²) >= 11 is 1.50. The number of thioether (sulfide) groups is 1. The molecule has 0 radical (unpaired) electrons. The molecule has 2 aliphatic heterocycles. The summed E-state index contributed by atoms with van der Waals surface area (Å²) in [6, 6.07) is 13.0. The van der Waals surface area contributed by atoms with Crippen LogP contribution in [0.1, 0.15) is 72.3 Å². The van der Waals surface area contributed by atoms with E-state index < -0.39 is 16.9 Å². The monoisotopic (exact) mass is 481 g/mol. The topological polar surface area (TPSA) is 63.7 Å². The number of halogens is 1. The molecule has 3 aliphatic rings. The van der Waals surface area contributed by atoms with Crippen molar-refractivity contribution < 1.29 is 23.5 Å². The Kier molecular flexibility index (Phi) is 6.47. The largest absolute Gasteiger partial charge is 0.456 e. The van der Waals surface area contributed by atoms with Crippen LogP contribution in [0.2, 0.25) is 0 Å². The number of benzene rings is 2. The lowest BCUT2D eigenvalue weighted by Crippen LogP contribution is -2.47. The summed E-state index contributed by atoms with van der Waals surface area (Å²) in [6.07, 6.45) is 7.06.